The van der Waals surface area contributed by atoms with E-state index in [1.807, 2.05) is 0 Å². The van der Waals surface area contributed by atoms with Crippen molar-refractivity contribution in [1.29, 1.82) is 4.78 Å². The van der Waals surface area contributed by atoms with Gasteiger partial charge in [0.2, 0.25) is 0 Å². The Labute approximate surface area is 116 Å². The van der Waals surface area contributed by atoms with Crippen LogP contribution >= 0.6 is 0 Å². The molecule has 1 aliphatic rings. The Hall–Kier alpha value is -1.36. The van der Waals surface area contributed by atoms with E-state index in [4.69, 9.17) is 17.9 Å². The lowest BCUT2D eigenvalue weighted by atomic mass is 9.93. The maximum Gasteiger partial charge on any atom is 0.308 e. The van der Waals surface area contributed by atoms with Gasteiger partial charge in [-0.3, -0.25) is 0 Å². The molecule has 0 spiro atoms. The molecule has 0 aliphatic carbocycles. The Bertz CT molecular complexity index is 518. The molecule has 5 heteroatoms. The highest BCUT2D eigenvalue weighted by Crippen LogP contribution is 2.40. The van der Waals surface area contributed by atoms with Crippen molar-refractivity contribution in [2.24, 2.45) is 0 Å². The first-order valence-corrected chi connectivity index (χ1v) is 7.60. The van der Waals surface area contributed by atoms with Crippen molar-refractivity contribution in [3.63, 3.8) is 0 Å². The highest BCUT2D eigenvalue weighted by Gasteiger charge is 2.29. The predicted molar refractivity (Wildman–Crippen MR) is 75.2 cm³/mol. The number of fused-ring (bicyclic) bond motifs is 1. The summed E-state index contributed by atoms with van der Waals surface area (Å²) in [6.07, 6.45) is 4.11. The van der Waals surface area contributed by atoms with Gasteiger partial charge in [-0.05, 0) is 19.4 Å². The van der Waals surface area contributed by atoms with Crippen LogP contribution in [0, 0.1) is 11.7 Å². The van der Waals surface area contributed by atoms with E-state index in [2.05, 4.69) is 39.0 Å². The van der Waals surface area contributed by atoms with Crippen molar-refractivity contribution < 1.29 is 13.2 Å². The number of nitrogens with one attached hydrogen (secondary N) is 1. The van der Waals surface area contributed by atoms with Gasteiger partial charge < -0.3 is 4.74 Å². The molecule has 0 aromatic heterocycles. The van der Waals surface area contributed by atoms with Crippen LogP contribution in [0.15, 0.2) is 18.2 Å². The maximum atomic E-state index is 8.67. The minimum Gasteiger partial charge on any atom is -0.490 e. The molecule has 0 fully saturated rings. The van der Waals surface area contributed by atoms with Crippen LogP contribution in [0.1, 0.15) is 50.2 Å². The Morgan fingerprint density at radius 1 is 1.37 bits per heavy atom. The van der Waals surface area contributed by atoms with Crippen molar-refractivity contribution in [2.75, 3.05) is 0 Å². The molecule has 4 nitrogen and oxygen atoms in total. The molecule has 1 aliphatic heterocycles. The molecular formula is C14H21NO3S. The van der Waals surface area contributed by atoms with Crippen LogP contribution in [0.25, 0.3) is 0 Å². The lowest BCUT2D eigenvalue weighted by molar-refractivity contribution is 0.196. The summed E-state index contributed by atoms with van der Waals surface area (Å²) in [5.41, 5.74) is 2.73. The van der Waals surface area contributed by atoms with E-state index in [0.29, 0.717) is 12.0 Å². The third-order valence-corrected chi connectivity index (χ3v) is 3.33. The highest BCUT2D eigenvalue weighted by molar-refractivity contribution is 7.60. The van der Waals surface area contributed by atoms with Crippen LogP contribution < -0.4 is 4.74 Å². The van der Waals surface area contributed by atoms with Gasteiger partial charge in [-0.1, -0.05) is 44.4 Å². The molecule has 0 saturated carbocycles. The molecule has 1 aromatic rings. The van der Waals surface area contributed by atoms with Gasteiger partial charge in [0, 0.05) is 11.5 Å². The number of hydrogen-bond acceptors (Lipinski definition) is 4. The topological polar surface area (TPSA) is 67.2 Å². The van der Waals surface area contributed by atoms with Crippen molar-refractivity contribution in [3.8, 4) is 5.75 Å². The van der Waals surface area contributed by atoms with Gasteiger partial charge in [0.05, 0.1) is 0 Å². The lowest BCUT2D eigenvalue weighted by Gasteiger charge is -2.14. The minimum atomic E-state index is -2.61. The number of hydrogen-bond donors (Lipinski definition) is 1. The average Bonchev–Trinajstić information content (AvgIpc) is 2.63. The molecule has 1 heterocycles. The fourth-order valence-electron chi connectivity index (χ4n) is 2.31. The minimum absolute atomic E-state index is 0.404. The predicted octanol–water partition coefficient (Wildman–Crippen LogP) is 3.68. The summed E-state index contributed by atoms with van der Waals surface area (Å²) in [5, 5.41) is 0. The Balaban J connectivity index is 0.000000399. The molecule has 1 aromatic carbocycles. The van der Waals surface area contributed by atoms with Gasteiger partial charge in [0.25, 0.3) is 0 Å². The molecule has 106 valence electrons. The molecule has 2 atom stereocenters. The van der Waals surface area contributed by atoms with Gasteiger partial charge in [0.1, 0.15) is 11.9 Å². The second-order valence-corrected chi connectivity index (χ2v) is 5.33. The SMILES string of the molecule is CCCCC1Oc2ccc(C)cc2C1C.N=S(=O)=O. The second-order valence-electron chi connectivity index (χ2n) is 4.86. The zero-order valence-electron chi connectivity index (χ0n) is 11.6. The van der Waals surface area contributed by atoms with E-state index < -0.39 is 10.5 Å². The van der Waals surface area contributed by atoms with E-state index in [1.54, 1.807) is 0 Å². The van der Waals surface area contributed by atoms with Gasteiger partial charge in [-0.15, -0.1) is 0 Å². The fraction of sp³-hybridized carbons (Fsp3) is 0.571. The quantitative estimate of drug-likeness (QED) is 0.920. The molecule has 0 saturated heterocycles. The summed E-state index contributed by atoms with van der Waals surface area (Å²) >= 11 is 0. The van der Waals surface area contributed by atoms with Crippen molar-refractivity contribution in [2.45, 2.75) is 52.1 Å². The van der Waals surface area contributed by atoms with E-state index in [1.165, 1.54) is 30.4 Å². The van der Waals surface area contributed by atoms with Crippen LogP contribution in [0.4, 0.5) is 0 Å². The van der Waals surface area contributed by atoms with Crippen LogP contribution in [-0.4, -0.2) is 14.5 Å². The number of unbranched alkanes of at least 4 members (excludes halogenated alkanes) is 1. The first-order valence-electron chi connectivity index (χ1n) is 6.53. The van der Waals surface area contributed by atoms with Crippen LogP contribution in [0.5, 0.6) is 5.75 Å². The standard InChI is InChI=1S/C14H20O.HNO2S/c1-4-5-6-13-11(3)12-9-10(2)7-8-14(12)15-13;1-4(2)3/h7-9,11,13H,4-6H2,1-3H3;1H. The molecule has 1 N–H and O–H groups in total. The van der Waals surface area contributed by atoms with Gasteiger partial charge in [0.15, 0.2) is 0 Å². The maximum absolute atomic E-state index is 8.67. The summed E-state index contributed by atoms with van der Waals surface area (Å²) in [5.74, 6) is 1.67. The average molecular weight is 283 g/mol. The normalized spacial score (nSPS) is 19.9. The third kappa shape index (κ3) is 4.67. The summed E-state index contributed by atoms with van der Waals surface area (Å²) in [6, 6.07) is 6.52. The number of ether oxygens (including phenoxy) is 1. The smallest absolute Gasteiger partial charge is 0.308 e. The Kier molecular flexibility index (Phi) is 6.02. The molecule has 0 bridgehead atoms. The number of rotatable bonds is 3. The molecule has 2 rings (SSSR count). The van der Waals surface area contributed by atoms with Crippen molar-refractivity contribution in [1.82, 2.24) is 0 Å². The van der Waals surface area contributed by atoms with Crippen molar-refractivity contribution >= 4 is 10.5 Å². The largest absolute Gasteiger partial charge is 0.490 e. The fourth-order valence-corrected chi connectivity index (χ4v) is 2.31. The van der Waals surface area contributed by atoms with Crippen LogP contribution in [-0.2, 0) is 10.5 Å². The van der Waals surface area contributed by atoms with Crippen molar-refractivity contribution in [3.05, 3.63) is 29.3 Å². The monoisotopic (exact) mass is 283 g/mol. The molecule has 0 radical (unpaired) electrons. The van der Waals surface area contributed by atoms with E-state index in [-0.39, 0.29) is 0 Å². The Morgan fingerprint density at radius 3 is 2.58 bits per heavy atom. The second kappa shape index (κ2) is 7.28. The van der Waals surface area contributed by atoms with Gasteiger partial charge in [-0.25, -0.2) is 0 Å². The van der Waals surface area contributed by atoms with E-state index in [9.17, 15) is 0 Å². The Morgan fingerprint density at radius 2 is 2.00 bits per heavy atom. The molecule has 0 amide bonds. The van der Waals surface area contributed by atoms with Gasteiger partial charge in [-0.2, -0.15) is 13.2 Å². The summed E-state index contributed by atoms with van der Waals surface area (Å²) in [4.78, 5) is 0. The molecule has 2 unspecified atom stereocenters. The van der Waals surface area contributed by atoms with E-state index in [0.717, 1.165) is 5.75 Å². The molecule has 19 heavy (non-hydrogen) atoms. The summed E-state index contributed by atoms with van der Waals surface area (Å²) in [6.45, 7) is 6.66. The summed E-state index contributed by atoms with van der Waals surface area (Å²) < 4.78 is 28.8. The third-order valence-electron chi connectivity index (χ3n) is 3.33. The number of aryl methyl sites for hydroxylation is 1. The highest BCUT2D eigenvalue weighted by atomic mass is 32.2. The first kappa shape index (κ1) is 15.7. The first-order chi connectivity index (χ1) is 8.95. The van der Waals surface area contributed by atoms with Gasteiger partial charge >= 0.3 is 10.5 Å². The molecular weight excluding hydrogens is 262 g/mol. The number of benzene rings is 1. The zero-order chi connectivity index (χ0) is 14.4. The van der Waals surface area contributed by atoms with E-state index >= 15 is 0 Å². The van der Waals surface area contributed by atoms with Crippen LogP contribution in [0.3, 0.4) is 0 Å². The zero-order valence-corrected chi connectivity index (χ0v) is 12.5. The summed E-state index contributed by atoms with van der Waals surface area (Å²) in [7, 11) is -2.61. The van der Waals surface area contributed by atoms with Crippen LogP contribution in [0.2, 0.25) is 0 Å². The lowest BCUT2D eigenvalue weighted by Crippen LogP contribution is -2.16.